The van der Waals surface area contributed by atoms with Crippen molar-refractivity contribution in [3.05, 3.63) is 35.9 Å². The monoisotopic (exact) mass is 485 g/mol. The van der Waals surface area contributed by atoms with Crippen molar-refractivity contribution in [1.29, 1.82) is 0 Å². The van der Waals surface area contributed by atoms with Crippen LogP contribution >= 0.6 is 43.3 Å². The molecule has 0 atom stereocenters. The summed E-state index contributed by atoms with van der Waals surface area (Å²) in [4.78, 5) is 25.5. The fraction of sp³-hybridized carbons (Fsp3) is 0.529. The minimum absolute atomic E-state index is 0.00464. The molecule has 164 valence electrons. The van der Waals surface area contributed by atoms with Crippen LogP contribution in [0.4, 0.5) is 4.79 Å². The molecule has 0 aliphatic rings. The third kappa shape index (κ3) is 11.2. The van der Waals surface area contributed by atoms with E-state index >= 15 is 0 Å². The molecule has 29 heavy (non-hydrogen) atoms. The molecule has 1 amide bonds. The molecule has 0 spiro atoms. The number of halogens is 1. The summed E-state index contributed by atoms with van der Waals surface area (Å²) in [7, 11) is -3.72. The summed E-state index contributed by atoms with van der Waals surface area (Å²) in [6.45, 7) is 3.14. The van der Waals surface area contributed by atoms with Crippen molar-refractivity contribution in [2.75, 3.05) is 36.8 Å². The van der Waals surface area contributed by atoms with Gasteiger partial charge in [0.25, 0.3) is 0 Å². The van der Waals surface area contributed by atoms with Gasteiger partial charge in [0.05, 0.1) is 5.88 Å². The molecule has 0 aromatic heterocycles. The number of alkyl halides is 1. The number of carbonyl (C=O) groups excluding carboxylic acids is 2. The third-order valence-electron chi connectivity index (χ3n) is 3.04. The Kier molecular flexibility index (Phi) is 13.5. The highest BCUT2D eigenvalue weighted by molar-refractivity contribution is 8.01. The van der Waals surface area contributed by atoms with E-state index in [-0.39, 0.29) is 19.1 Å². The van der Waals surface area contributed by atoms with E-state index in [0.717, 1.165) is 34.5 Å². The zero-order valence-electron chi connectivity index (χ0n) is 16.3. The standard InChI is InChI=1S/C17H25ClNO7PS2/c1-3-28-25-27(22,26-29-4-2)14-19(12-16(20)23-11-10-18)17(21)24-13-15-8-6-5-7-9-15/h5-9H,3-4,10-14H2,1-2H3. The van der Waals surface area contributed by atoms with Gasteiger partial charge in [0.1, 0.15) is 26.0 Å². The van der Waals surface area contributed by atoms with Crippen molar-refractivity contribution in [3.63, 3.8) is 0 Å². The van der Waals surface area contributed by atoms with Crippen LogP contribution in [0.1, 0.15) is 19.4 Å². The van der Waals surface area contributed by atoms with Gasteiger partial charge in [-0.2, -0.15) is 0 Å². The van der Waals surface area contributed by atoms with Gasteiger partial charge in [-0.3, -0.25) is 14.3 Å². The summed E-state index contributed by atoms with van der Waals surface area (Å²) >= 11 is 7.41. The van der Waals surface area contributed by atoms with Crippen LogP contribution in [0, 0.1) is 0 Å². The van der Waals surface area contributed by atoms with E-state index < -0.39 is 32.5 Å². The average molecular weight is 486 g/mol. The summed E-state index contributed by atoms with van der Waals surface area (Å²) in [6, 6.07) is 9.04. The second-order valence-electron chi connectivity index (χ2n) is 5.36. The first-order valence-corrected chi connectivity index (χ1v) is 12.9. The Balaban J connectivity index is 2.87. The van der Waals surface area contributed by atoms with Gasteiger partial charge < -0.3 is 9.47 Å². The summed E-state index contributed by atoms with van der Waals surface area (Å²) in [5, 5.41) is 0. The highest BCUT2D eigenvalue weighted by Crippen LogP contribution is 2.55. The number of amides is 1. The first-order valence-electron chi connectivity index (χ1n) is 8.82. The number of ether oxygens (including phenoxy) is 2. The van der Waals surface area contributed by atoms with Gasteiger partial charge >= 0.3 is 19.7 Å². The quantitative estimate of drug-likeness (QED) is 0.157. The molecule has 0 fully saturated rings. The largest absolute Gasteiger partial charge is 0.463 e. The van der Waals surface area contributed by atoms with Crippen molar-refractivity contribution < 1.29 is 31.6 Å². The van der Waals surface area contributed by atoms with Gasteiger partial charge in [-0.25, -0.2) is 12.7 Å². The molecule has 0 saturated carbocycles. The molecule has 8 nitrogen and oxygen atoms in total. The molecule has 0 saturated heterocycles. The molecular weight excluding hydrogens is 461 g/mol. The SMILES string of the molecule is CCSOP(=O)(CN(CC(=O)OCCCl)C(=O)OCc1ccccc1)OSCC. The van der Waals surface area contributed by atoms with E-state index in [1.54, 1.807) is 12.1 Å². The minimum atomic E-state index is -3.72. The first-order chi connectivity index (χ1) is 13.9. The molecule has 0 aliphatic carbocycles. The normalized spacial score (nSPS) is 11.1. The zero-order chi connectivity index (χ0) is 21.5. The van der Waals surface area contributed by atoms with E-state index in [1.807, 2.05) is 32.0 Å². The molecule has 1 aromatic rings. The lowest BCUT2D eigenvalue weighted by molar-refractivity contribution is -0.143. The molecule has 1 aromatic carbocycles. The maximum Gasteiger partial charge on any atom is 0.411 e. The molecular formula is C17H25ClNO7PS2. The number of esters is 1. The van der Waals surface area contributed by atoms with Crippen LogP contribution in [0.2, 0.25) is 0 Å². The van der Waals surface area contributed by atoms with E-state index in [4.69, 9.17) is 29.0 Å². The predicted molar refractivity (Wildman–Crippen MR) is 116 cm³/mol. The van der Waals surface area contributed by atoms with Crippen LogP contribution in [0.25, 0.3) is 0 Å². The average Bonchev–Trinajstić information content (AvgIpc) is 2.73. The van der Waals surface area contributed by atoms with Crippen molar-refractivity contribution in [3.8, 4) is 0 Å². The van der Waals surface area contributed by atoms with Gasteiger partial charge in [0, 0.05) is 35.6 Å². The maximum atomic E-state index is 13.0. The third-order valence-corrected chi connectivity index (χ3v) is 7.01. The summed E-state index contributed by atoms with van der Waals surface area (Å²) in [6.07, 6.45) is -1.30. The van der Waals surface area contributed by atoms with Crippen LogP contribution in [-0.2, 0) is 33.4 Å². The fourth-order valence-electron chi connectivity index (χ4n) is 1.87. The van der Waals surface area contributed by atoms with E-state index in [1.165, 1.54) is 0 Å². The summed E-state index contributed by atoms with van der Waals surface area (Å²) in [5.74, 6) is 0.468. The van der Waals surface area contributed by atoms with Crippen molar-refractivity contribution in [2.45, 2.75) is 20.5 Å². The second-order valence-corrected chi connectivity index (χ2v) is 10.1. The van der Waals surface area contributed by atoms with Crippen molar-refractivity contribution in [2.24, 2.45) is 0 Å². The highest BCUT2D eigenvalue weighted by Gasteiger charge is 2.34. The number of hydrogen-bond acceptors (Lipinski definition) is 9. The minimum Gasteiger partial charge on any atom is -0.463 e. The number of benzene rings is 1. The Morgan fingerprint density at radius 1 is 1.07 bits per heavy atom. The Labute approximate surface area is 184 Å². The van der Waals surface area contributed by atoms with Gasteiger partial charge in [0.15, 0.2) is 0 Å². The lowest BCUT2D eigenvalue weighted by Gasteiger charge is -2.25. The van der Waals surface area contributed by atoms with Gasteiger partial charge in [0.2, 0.25) is 0 Å². The topological polar surface area (TPSA) is 91.4 Å². The van der Waals surface area contributed by atoms with Crippen LogP contribution in [0.15, 0.2) is 30.3 Å². The number of carbonyl (C=O) groups is 2. The van der Waals surface area contributed by atoms with Crippen LogP contribution in [0.5, 0.6) is 0 Å². The van der Waals surface area contributed by atoms with E-state index in [9.17, 15) is 14.2 Å². The molecule has 12 heteroatoms. The second kappa shape index (κ2) is 15.0. The Morgan fingerprint density at radius 2 is 1.69 bits per heavy atom. The lowest BCUT2D eigenvalue weighted by atomic mass is 10.2. The first kappa shape index (κ1) is 26.1. The van der Waals surface area contributed by atoms with Gasteiger partial charge in [-0.1, -0.05) is 44.2 Å². The Bertz CT molecular complexity index is 656. The van der Waals surface area contributed by atoms with E-state index in [2.05, 4.69) is 0 Å². The smallest absolute Gasteiger partial charge is 0.411 e. The maximum absolute atomic E-state index is 13.0. The number of hydrogen-bond donors (Lipinski definition) is 0. The van der Waals surface area contributed by atoms with Crippen LogP contribution in [-0.4, -0.2) is 53.8 Å². The van der Waals surface area contributed by atoms with Crippen molar-refractivity contribution >= 4 is 55.3 Å². The van der Waals surface area contributed by atoms with Gasteiger partial charge in [-0.05, 0) is 5.56 Å². The van der Waals surface area contributed by atoms with Crippen LogP contribution < -0.4 is 0 Å². The molecule has 1 rings (SSSR count). The van der Waals surface area contributed by atoms with Gasteiger partial charge in [-0.15, -0.1) is 11.6 Å². The Hall–Kier alpha value is -0.900. The summed E-state index contributed by atoms with van der Waals surface area (Å²) in [5.41, 5.74) is 0.768. The van der Waals surface area contributed by atoms with E-state index in [0.29, 0.717) is 11.5 Å². The zero-order valence-corrected chi connectivity index (χ0v) is 19.6. The predicted octanol–water partition coefficient (Wildman–Crippen LogP) is 4.93. The van der Waals surface area contributed by atoms with Crippen molar-refractivity contribution in [1.82, 2.24) is 4.90 Å². The molecule has 0 unspecified atom stereocenters. The molecule has 0 N–H and O–H groups in total. The molecule has 0 heterocycles. The summed E-state index contributed by atoms with van der Waals surface area (Å²) < 4.78 is 33.8. The van der Waals surface area contributed by atoms with Crippen LogP contribution in [0.3, 0.4) is 0 Å². The molecule has 0 radical (unpaired) electrons. The molecule has 0 bridgehead atoms. The molecule has 0 aliphatic heterocycles. The Morgan fingerprint density at radius 3 is 2.24 bits per heavy atom. The highest BCUT2D eigenvalue weighted by atomic mass is 35.5. The fourth-order valence-corrected chi connectivity index (χ4v) is 5.41. The number of rotatable bonds is 14. The number of nitrogens with zero attached hydrogens (tertiary/aromatic N) is 1. The lowest BCUT2D eigenvalue weighted by Crippen LogP contribution is -2.38.